The molecule has 0 amide bonds. The number of fused-ring (bicyclic) bond motifs is 1. The van der Waals surface area contributed by atoms with Gasteiger partial charge in [-0.2, -0.15) is 0 Å². The maximum absolute atomic E-state index is 11.6. The predicted octanol–water partition coefficient (Wildman–Crippen LogP) is 2.05. The van der Waals surface area contributed by atoms with E-state index in [0.29, 0.717) is 5.57 Å². The monoisotopic (exact) mass is 274 g/mol. The number of hydrogen-bond acceptors (Lipinski definition) is 3. The van der Waals surface area contributed by atoms with Crippen LogP contribution in [0.5, 0.6) is 0 Å². The Morgan fingerprint density at radius 1 is 1.73 bits per heavy atom. The minimum atomic E-state index is -0.631. The Morgan fingerprint density at radius 3 is 2.93 bits per heavy atom. The zero-order chi connectivity index (χ0) is 11.3. The van der Waals surface area contributed by atoms with Crippen LogP contribution in [-0.4, -0.2) is 29.6 Å². The molecule has 0 bridgehead atoms. The minimum Gasteiger partial charge on any atom is -0.452 e. The summed E-state index contributed by atoms with van der Waals surface area (Å²) in [6.07, 6.45) is 1.82. The van der Waals surface area contributed by atoms with Crippen LogP contribution >= 0.6 is 15.9 Å². The van der Waals surface area contributed by atoms with E-state index < -0.39 is 11.2 Å². The topological polar surface area (TPSA) is 35.5 Å². The molecular formula is C11H15BrO3. The largest absolute Gasteiger partial charge is 0.452 e. The zero-order valence-corrected chi connectivity index (χ0v) is 10.6. The van der Waals surface area contributed by atoms with Gasteiger partial charge in [-0.25, -0.2) is 4.79 Å². The Balaban J connectivity index is 2.51. The molecule has 4 heteroatoms. The van der Waals surface area contributed by atoms with Crippen molar-refractivity contribution in [3.63, 3.8) is 0 Å². The van der Waals surface area contributed by atoms with E-state index in [-0.39, 0.29) is 11.9 Å². The third-order valence-electron chi connectivity index (χ3n) is 3.85. The zero-order valence-electron chi connectivity index (χ0n) is 9.01. The second-order valence-electron chi connectivity index (χ2n) is 4.43. The van der Waals surface area contributed by atoms with Gasteiger partial charge in [0.25, 0.3) is 0 Å². The molecular weight excluding hydrogens is 260 g/mol. The first-order valence-electron chi connectivity index (χ1n) is 5.05. The number of alkyl halides is 1. The molecule has 0 aromatic heterocycles. The van der Waals surface area contributed by atoms with Gasteiger partial charge in [-0.15, -0.1) is 0 Å². The van der Waals surface area contributed by atoms with Crippen LogP contribution in [0.2, 0.25) is 0 Å². The van der Waals surface area contributed by atoms with Crippen molar-refractivity contribution in [2.24, 2.45) is 5.92 Å². The van der Waals surface area contributed by atoms with Crippen LogP contribution < -0.4 is 0 Å². The molecule has 2 fully saturated rings. The van der Waals surface area contributed by atoms with E-state index >= 15 is 0 Å². The summed E-state index contributed by atoms with van der Waals surface area (Å²) in [4.78, 5) is 11.6. The fraction of sp³-hybridized carbons (Fsp3) is 0.727. The van der Waals surface area contributed by atoms with Gasteiger partial charge in [0.2, 0.25) is 0 Å². The second-order valence-corrected chi connectivity index (χ2v) is 5.08. The summed E-state index contributed by atoms with van der Waals surface area (Å²) in [5.41, 5.74) is -0.698. The Kier molecular flexibility index (Phi) is 2.47. The highest BCUT2D eigenvalue weighted by molar-refractivity contribution is 9.09. The molecule has 84 valence electrons. The summed E-state index contributed by atoms with van der Waals surface area (Å²) < 4.78 is 11.1. The maximum Gasteiger partial charge on any atom is 0.337 e. The van der Waals surface area contributed by atoms with Crippen molar-refractivity contribution in [2.45, 2.75) is 31.0 Å². The average Bonchev–Trinajstić information content (AvgIpc) is 2.58. The lowest BCUT2D eigenvalue weighted by atomic mass is 9.79. The van der Waals surface area contributed by atoms with Crippen molar-refractivity contribution < 1.29 is 14.3 Å². The van der Waals surface area contributed by atoms with E-state index in [1.54, 1.807) is 7.11 Å². The van der Waals surface area contributed by atoms with Gasteiger partial charge in [-0.1, -0.05) is 22.5 Å². The third kappa shape index (κ3) is 1.12. The van der Waals surface area contributed by atoms with Gasteiger partial charge in [0, 0.05) is 18.4 Å². The molecule has 0 aromatic rings. The van der Waals surface area contributed by atoms with Crippen LogP contribution in [-0.2, 0) is 14.3 Å². The van der Waals surface area contributed by atoms with Crippen molar-refractivity contribution in [3.8, 4) is 0 Å². The van der Waals surface area contributed by atoms with Crippen LogP contribution in [0.4, 0.5) is 0 Å². The summed E-state index contributed by atoms with van der Waals surface area (Å²) in [5, 5.41) is 0.798. The highest BCUT2D eigenvalue weighted by atomic mass is 79.9. The molecule has 0 spiro atoms. The van der Waals surface area contributed by atoms with E-state index in [2.05, 4.69) is 22.5 Å². The highest BCUT2D eigenvalue weighted by Gasteiger charge is 2.68. The number of carbonyl (C=O) groups is 1. The van der Waals surface area contributed by atoms with Gasteiger partial charge in [0.05, 0.1) is 5.57 Å². The molecule has 1 aliphatic carbocycles. The van der Waals surface area contributed by atoms with Gasteiger partial charge < -0.3 is 9.47 Å². The van der Waals surface area contributed by atoms with Crippen LogP contribution in [0.15, 0.2) is 12.2 Å². The smallest absolute Gasteiger partial charge is 0.337 e. The summed E-state index contributed by atoms with van der Waals surface area (Å²) in [6, 6.07) is 0. The Labute approximate surface area is 97.9 Å². The number of ether oxygens (including phenoxy) is 2. The molecule has 3 atom stereocenters. The summed E-state index contributed by atoms with van der Waals surface area (Å²) in [6.45, 7) is 5.78. The first-order valence-corrected chi connectivity index (χ1v) is 6.18. The van der Waals surface area contributed by atoms with E-state index in [1.807, 2.05) is 6.92 Å². The number of halogens is 1. The first kappa shape index (κ1) is 11.1. The molecule has 2 rings (SSSR count). The van der Waals surface area contributed by atoms with Gasteiger partial charge in [-0.3, -0.25) is 0 Å². The number of rotatable bonds is 2. The van der Waals surface area contributed by atoms with Gasteiger partial charge in [0.1, 0.15) is 11.2 Å². The Morgan fingerprint density at radius 2 is 2.40 bits per heavy atom. The van der Waals surface area contributed by atoms with E-state index in [4.69, 9.17) is 9.47 Å². The van der Waals surface area contributed by atoms with Crippen LogP contribution in [0.3, 0.4) is 0 Å². The molecule has 0 aromatic carbocycles. The van der Waals surface area contributed by atoms with Crippen molar-refractivity contribution in [2.75, 3.05) is 12.4 Å². The number of methoxy groups -OCH3 is 1. The number of esters is 1. The fourth-order valence-electron chi connectivity index (χ4n) is 3.07. The van der Waals surface area contributed by atoms with Crippen LogP contribution in [0, 0.1) is 5.92 Å². The SMILES string of the molecule is C=C1C(=O)O[C@]2(C)CC[C@H](CBr)[C@]12OC. The van der Waals surface area contributed by atoms with Gasteiger partial charge >= 0.3 is 5.97 Å². The van der Waals surface area contributed by atoms with Crippen molar-refractivity contribution >= 4 is 21.9 Å². The third-order valence-corrected chi connectivity index (χ3v) is 4.63. The van der Waals surface area contributed by atoms with Crippen molar-refractivity contribution in [3.05, 3.63) is 12.2 Å². The van der Waals surface area contributed by atoms with E-state index in [0.717, 1.165) is 18.2 Å². The minimum absolute atomic E-state index is 0.256. The summed E-state index contributed by atoms with van der Waals surface area (Å²) in [5.74, 6) is -0.0588. The molecule has 0 radical (unpaired) electrons. The van der Waals surface area contributed by atoms with Gasteiger partial charge in [-0.05, 0) is 19.8 Å². The number of carbonyl (C=O) groups excluding carboxylic acids is 1. The molecule has 15 heavy (non-hydrogen) atoms. The standard InChI is InChI=1S/C11H15BrO3/c1-7-9(13)15-10(2)5-4-8(6-12)11(7,10)14-3/h8H,1,4-6H2,2-3H3/t8-,10-,11-/m1/s1. The Hall–Kier alpha value is -0.350. The van der Waals surface area contributed by atoms with E-state index in [9.17, 15) is 4.79 Å². The quantitative estimate of drug-likeness (QED) is 0.439. The average molecular weight is 275 g/mol. The molecule has 0 unspecified atom stereocenters. The predicted molar refractivity (Wildman–Crippen MR) is 59.9 cm³/mol. The lowest BCUT2D eigenvalue weighted by Gasteiger charge is -2.37. The molecule has 1 saturated carbocycles. The van der Waals surface area contributed by atoms with Crippen molar-refractivity contribution in [1.82, 2.24) is 0 Å². The van der Waals surface area contributed by atoms with Gasteiger partial charge in [0.15, 0.2) is 0 Å². The molecule has 2 aliphatic rings. The summed E-state index contributed by atoms with van der Waals surface area (Å²) >= 11 is 3.47. The molecule has 1 heterocycles. The number of hydrogen-bond donors (Lipinski definition) is 0. The maximum atomic E-state index is 11.6. The molecule has 0 N–H and O–H groups in total. The Bertz CT molecular complexity index is 328. The van der Waals surface area contributed by atoms with Crippen molar-refractivity contribution in [1.29, 1.82) is 0 Å². The van der Waals surface area contributed by atoms with Crippen LogP contribution in [0.25, 0.3) is 0 Å². The fourth-order valence-corrected chi connectivity index (χ4v) is 3.85. The highest BCUT2D eigenvalue weighted by Crippen LogP contribution is 2.56. The van der Waals surface area contributed by atoms with E-state index in [1.165, 1.54) is 0 Å². The summed E-state index contributed by atoms with van der Waals surface area (Å²) in [7, 11) is 1.63. The first-order chi connectivity index (χ1) is 7.02. The lowest BCUT2D eigenvalue weighted by Crippen LogP contribution is -2.50. The molecule has 1 aliphatic heterocycles. The normalized spacial score (nSPS) is 44.3. The lowest BCUT2D eigenvalue weighted by molar-refractivity contribution is -0.155. The molecule has 1 saturated heterocycles. The molecule has 3 nitrogen and oxygen atoms in total. The van der Waals surface area contributed by atoms with Crippen LogP contribution in [0.1, 0.15) is 19.8 Å². The second kappa shape index (κ2) is 3.32.